The molecular weight excluding hydrogens is 324 g/mol. The van der Waals surface area contributed by atoms with Gasteiger partial charge in [0.05, 0.1) is 0 Å². The third-order valence-corrected chi connectivity index (χ3v) is 5.76. The zero-order valence-corrected chi connectivity index (χ0v) is 15.3. The lowest BCUT2D eigenvalue weighted by molar-refractivity contribution is -0.177. The van der Waals surface area contributed by atoms with Crippen LogP contribution in [0.3, 0.4) is 0 Å². The van der Waals surface area contributed by atoms with E-state index in [0.29, 0.717) is 17.6 Å². The molecular formula is C19H24O6. The summed E-state index contributed by atoms with van der Waals surface area (Å²) in [4.78, 5) is 35.5. The van der Waals surface area contributed by atoms with E-state index < -0.39 is 35.7 Å². The Hall–Kier alpha value is -2.11. The van der Waals surface area contributed by atoms with E-state index in [-0.39, 0.29) is 11.3 Å². The van der Waals surface area contributed by atoms with Crippen LogP contribution < -0.4 is 0 Å². The van der Waals surface area contributed by atoms with Gasteiger partial charge in [0.1, 0.15) is 6.10 Å². The molecule has 1 aliphatic heterocycles. The maximum absolute atomic E-state index is 12.3. The average molecular weight is 348 g/mol. The first-order chi connectivity index (χ1) is 11.6. The minimum Gasteiger partial charge on any atom is -0.457 e. The Balaban J connectivity index is 2.15. The first kappa shape index (κ1) is 17.7. The lowest BCUT2D eigenvalue weighted by Gasteiger charge is -2.54. The Kier molecular flexibility index (Phi) is 4.05. The second-order valence-corrected chi connectivity index (χ2v) is 7.82. The molecule has 0 saturated heterocycles. The second-order valence-electron chi connectivity index (χ2n) is 7.82. The fourth-order valence-corrected chi connectivity index (χ4v) is 4.79. The highest BCUT2D eigenvalue weighted by Crippen LogP contribution is 2.60. The molecule has 0 aromatic carbocycles. The van der Waals surface area contributed by atoms with E-state index in [0.717, 1.165) is 6.42 Å². The molecule has 3 rings (SSSR count). The third-order valence-electron chi connectivity index (χ3n) is 5.76. The summed E-state index contributed by atoms with van der Waals surface area (Å²) in [5, 5.41) is 0. The molecule has 0 saturated carbocycles. The summed E-state index contributed by atoms with van der Waals surface area (Å²) in [6.07, 6.45) is 3.69. The first-order valence-electron chi connectivity index (χ1n) is 8.55. The SMILES string of the molecule is CC(=O)O[C@@H]1OC(=O)C2=C1[C@@]1(C)[C@@H](OC(C)=O)C=CC(C)(C)[C@@H]1CC2. The number of rotatable bonds is 2. The minimum atomic E-state index is -1.05. The molecule has 0 amide bonds. The number of hydrogen-bond acceptors (Lipinski definition) is 6. The molecule has 25 heavy (non-hydrogen) atoms. The van der Waals surface area contributed by atoms with Crippen molar-refractivity contribution in [3.05, 3.63) is 23.3 Å². The molecule has 0 spiro atoms. The molecule has 0 fully saturated rings. The van der Waals surface area contributed by atoms with Crippen molar-refractivity contribution in [3.8, 4) is 0 Å². The van der Waals surface area contributed by atoms with Gasteiger partial charge in [-0.3, -0.25) is 9.59 Å². The van der Waals surface area contributed by atoms with E-state index in [1.165, 1.54) is 13.8 Å². The third kappa shape index (κ3) is 2.68. The molecule has 0 aromatic rings. The van der Waals surface area contributed by atoms with Crippen LogP contribution in [0.4, 0.5) is 0 Å². The quantitative estimate of drug-likeness (QED) is 0.564. The molecule has 136 valence electrons. The van der Waals surface area contributed by atoms with Gasteiger partial charge in [-0.1, -0.05) is 26.8 Å². The summed E-state index contributed by atoms with van der Waals surface area (Å²) >= 11 is 0. The zero-order chi connectivity index (χ0) is 18.6. The zero-order valence-electron chi connectivity index (χ0n) is 15.3. The molecule has 0 N–H and O–H groups in total. The standard InChI is InChI=1S/C19H24O6/c1-10(20)23-14-8-9-18(3,4)13-7-6-12-15(19(13,14)5)17(24-11(2)21)25-16(12)22/h8-9,13-14,17H,6-7H2,1-5H3/t13-,14-,17+,19+/m0/s1. The molecule has 6 nitrogen and oxygen atoms in total. The number of cyclic esters (lactones) is 1. The van der Waals surface area contributed by atoms with Crippen LogP contribution in [0.25, 0.3) is 0 Å². The summed E-state index contributed by atoms with van der Waals surface area (Å²) in [5.41, 5.74) is 0.362. The molecule has 0 unspecified atom stereocenters. The fourth-order valence-electron chi connectivity index (χ4n) is 4.79. The minimum absolute atomic E-state index is 0.112. The molecule has 6 heteroatoms. The van der Waals surface area contributed by atoms with Crippen molar-refractivity contribution in [2.24, 2.45) is 16.7 Å². The lowest BCUT2D eigenvalue weighted by Crippen LogP contribution is -2.53. The van der Waals surface area contributed by atoms with Crippen LogP contribution in [0.2, 0.25) is 0 Å². The van der Waals surface area contributed by atoms with Gasteiger partial charge in [-0.05, 0) is 30.3 Å². The van der Waals surface area contributed by atoms with E-state index in [4.69, 9.17) is 14.2 Å². The number of fused-ring (bicyclic) bond motifs is 2. The maximum atomic E-state index is 12.3. The van der Waals surface area contributed by atoms with Gasteiger partial charge in [0.15, 0.2) is 0 Å². The fraction of sp³-hybridized carbons (Fsp3) is 0.632. The van der Waals surface area contributed by atoms with Crippen molar-refractivity contribution in [2.75, 3.05) is 0 Å². The van der Waals surface area contributed by atoms with Crippen molar-refractivity contribution < 1.29 is 28.6 Å². The smallest absolute Gasteiger partial charge is 0.337 e. The van der Waals surface area contributed by atoms with Crippen LogP contribution in [-0.2, 0) is 28.6 Å². The predicted molar refractivity (Wildman–Crippen MR) is 88.0 cm³/mol. The molecule has 3 aliphatic rings. The summed E-state index contributed by atoms with van der Waals surface area (Å²) in [6, 6.07) is 0. The highest BCUT2D eigenvalue weighted by Gasteiger charge is 2.60. The first-order valence-corrected chi connectivity index (χ1v) is 8.55. The molecule has 2 aliphatic carbocycles. The van der Waals surface area contributed by atoms with Crippen molar-refractivity contribution in [3.63, 3.8) is 0 Å². The Morgan fingerprint density at radius 3 is 2.40 bits per heavy atom. The number of ether oxygens (including phenoxy) is 3. The van der Waals surface area contributed by atoms with Gasteiger partial charge in [-0.15, -0.1) is 0 Å². The van der Waals surface area contributed by atoms with Crippen LogP contribution in [0.15, 0.2) is 23.3 Å². The number of esters is 3. The molecule has 4 atom stereocenters. The van der Waals surface area contributed by atoms with Gasteiger partial charge in [-0.2, -0.15) is 0 Å². The number of carbonyl (C=O) groups is 3. The predicted octanol–water partition coefficient (Wildman–Crippen LogP) is 2.67. The van der Waals surface area contributed by atoms with E-state index in [9.17, 15) is 14.4 Å². The van der Waals surface area contributed by atoms with Gasteiger partial charge in [-0.25, -0.2) is 4.79 Å². The number of allylic oxidation sites excluding steroid dienone is 1. The molecule has 0 bridgehead atoms. The van der Waals surface area contributed by atoms with Gasteiger partial charge in [0.25, 0.3) is 6.29 Å². The van der Waals surface area contributed by atoms with Crippen molar-refractivity contribution >= 4 is 17.9 Å². The molecule has 0 radical (unpaired) electrons. The maximum Gasteiger partial charge on any atom is 0.337 e. The van der Waals surface area contributed by atoms with Gasteiger partial charge in [0.2, 0.25) is 0 Å². The van der Waals surface area contributed by atoms with Crippen LogP contribution in [0.1, 0.15) is 47.5 Å². The Morgan fingerprint density at radius 1 is 1.16 bits per heavy atom. The lowest BCUT2D eigenvalue weighted by atomic mass is 9.51. The molecule has 0 aromatic heterocycles. The van der Waals surface area contributed by atoms with Crippen molar-refractivity contribution in [1.29, 1.82) is 0 Å². The highest BCUT2D eigenvalue weighted by molar-refractivity contribution is 5.93. The average Bonchev–Trinajstić information content (AvgIpc) is 2.78. The topological polar surface area (TPSA) is 78.9 Å². The summed E-state index contributed by atoms with van der Waals surface area (Å²) in [6.45, 7) is 8.87. The Labute approximate surface area is 147 Å². The normalized spacial score (nSPS) is 35.6. The van der Waals surface area contributed by atoms with E-state index in [1.807, 2.05) is 13.0 Å². The van der Waals surface area contributed by atoms with Gasteiger partial charge >= 0.3 is 17.9 Å². The highest BCUT2D eigenvalue weighted by atomic mass is 16.7. The second kappa shape index (κ2) is 5.71. The van der Waals surface area contributed by atoms with Crippen LogP contribution in [0.5, 0.6) is 0 Å². The van der Waals surface area contributed by atoms with Crippen LogP contribution >= 0.6 is 0 Å². The molecule has 1 heterocycles. The van der Waals surface area contributed by atoms with Crippen LogP contribution in [0, 0.1) is 16.7 Å². The Morgan fingerprint density at radius 2 is 1.80 bits per heavy atom. The summed E-state index contributed by atoms with van der Waals surface area (Å²) in [5.74, 6) is -1.25. The number of carbonyl (C=O) groups excluding carboxylic acids is 3. The van der Waals surface area contributed by atoms with E-state index in [1.54, 1.807) is 0 Å². The largest absolute Gasteiger partial charge is 0.457 e. The van der Waals surface area contributed by atoms with E-state index >= 15 is 0 Å². The Bertz CT molecular complexity index is 701. The van der Waals surface area contributed by atoms with Gasteiger partial charge in [0, 0.05) is 30.4 Å². The van der Waals surface area contributed by atoms with Crippen molar-refractivity contribution in [1.82, 2.24) is 0 Å². The van der Waals surface area contributed by atoms with E-state index in [2.05, 4.69) is 19.9 Å². The number of hydrogen-bond donors (Lipinski definition) is 0. The van der Waals surface area contributed by atoms with Gasteiger partial charge < -0.3 is 14.2 Å². The van der Waals surface area contributed by atoms with Crippen molar-refractivity contribution in [2.45, 2.75) is 59.9 Å². The van der Waals surface area contributed by atoms with Crippen LogP contribution in [-0.4, -0.2) is 30.3 Å². The monoisotopic (exact) mass is 348 g/mol. The summed E-state index contributed by atoms with van der Waals surface area (Å²) < 4.78 is 16.2. The summed E-state index contributed by atoms with van der Waals surface area (Å²) in [7, 11) is 0.